The van der Waals surface area contributed by atoms with Gasteiger partial charge < -0.3 is 4.90 Å². The standard InChI is InChI=1S/C14H22N6O/c1-9-12(10(2)20(5)18-9)6-7-14(21)19(4)8-13-15-11(3)16-17-13/h6-8H2,1-5H3,(H,15,16,17). The Morgan fingerprint density at radius 2 is 2.05 bits per heavy atom. The number of hydrogen-bond acceptors (Lipinski definition) is 4. The van der Waals surface area contributed by atoms with Gasteiger partial charge in [0.1, 0.15) is 5.82 Å². The van der Waals surface area contributed by atoms with E-state index in [0.717, 1.165) is 22.8 Å². The van der Waals surface area contributed by atoms with Gasteiger partial charge in [-0.25, -0.2) is 4.98 Å². The maximum atomic E-state index is 12.2. The van der Waals surface area contributed by atoms with E-state index < -0.39 is 0 Å². The Kier molecular flexibility index (Phi) is 4.40. The molecule has 0 aliphatic heterocycles. The van der Waals surface area contributed by atoms with Gasteiger partial charge in [0.15, 0.2) is 5.82 Å². The molecule has 0 atom stereocenters. The molecule has 2 aromatic rings. The van der Waals surface area contributed by atoms with Gasteiger partial charge in [-0.2, -0.15) is 10.2 Å². The molecule has 114 valence electrons. The fourth-order valence-electron chi connectivity index (χ4n) is 2.36. The van der Waals surface area contributed by atoms with Crippen LogP contribution >= 0.6 is 0 Å². The molecule has 0 aliphatic rings. The molecule has 2 heterocycles. The Morgan fingerprint density at radius 1 is 1.33 bits per heavy atom. The van der Waals surface area contributed by atoms with Gasteiger partial charge >= 0.3 is 0 Å². The third kappa shape index (κ3) is 3.48. The van der Waals surface area contributed by atoms with Gasteiger partial charge in [0.25, 0.3) is 0 Å². The summed E-state index contributed by atoms with van der Waals surface area (Å²) in [4.78, 5) is 18.1. The Morgan fingerprint density at radius 3 is 2.57 bits per heavy atom. The molecule has 1 amide bonds. The molecular weight excluding hydrogens is 268 g/mol. The Hall–Kier alpha value is -2.18. The average molecular weight is 290 g/mol. The summed E-state index contributed by atoms with van der Waals surface area (Å²) in [7, 11) is 3.70. The van der Waals surface area contributed by atoms with Gasteiger partial charge in [-0.15, -0.1) is 0 Å². The van der Waals surface area contributed by atoms with Gasteiger partial charge in [-0.05, 0) is 32.8 Å². The molecule has 7 heteroatoms. The van der Waals surface area contributed by atoms with Crippen LogP contribution in [0.5, 0.6) is 0 Å². The molecule has 2 rings (SSSR count). The molecule has 0 aliphatic carbocycles. The van der Waals surface area contributed by atoms with Crippen LogP contribution in [0.2, 0.25) is 0 Å². The van der Waals surface area contributed by atoms with Crippen molar-refractivity contribution in [2.75, 3.05) is 7.05 Å². The van der Waals surface area contributed by atoms with E-state index in [9.17, 15) is 4.79 Å². The minimum Gasteiger partial charge on any atom is -0.338 e. The van der Waals surface area contributed by atoms with Crippen LogP contribution in [-0.4, -0.2) is 42.8 Å². The predicted molar refractivity (Wildman–Crippen MR) is 78.6 cm³/mol. The molecule has 1 N–H and O–H groups in total. The quantitative estimate of drug-likeness (QED) is 0.892. The molecule has 0 spiro atoms. The molecule has 0 unspecified atom stereocenters. The molecule has 0 aromatic carbocycles. The van der Waals surface area contributed by atoms with Gasteiger partial charge in [0.2, 0.25) is 5.91 Å². The lowest BCUT2D eigenvalue weighted by molar-refractivity contribution is -0.130. The summed E-state index contributed by atoms with van der Waals surface area (Å²) in [6.45, 7) is 6.27. The van der Waals surface area contributed by atoms with Crippen molar-refractivity contribution < 1.29 is 4.79 Å². The van der Waals surface area contributed by atoms with Crippen molar-refractivity contribution in [3.8, 4) is 0 Å². The Bertz CT molecular complexity index is 642. The molecule has 0 bridgehead atoms. The van der Waals surface area contributed by atoms with Crippen LogP contribution in [-0.2, 0) is 24.8 Å². The second kappa shape index (κ2) is 6.07. The number of amides is 1. The van der Waals surface area contributed by atoms with E-state index in [4.69, 9.17) is 0 Å². The lowest BCUT2D eigenvalue weighted by Gasteiger charge is -2.15. The Balaban J connectivity index is 1.92. The number of carbonyl (C=O) groups excluding carboxylic acids is 1. The number of hydrogen-bond donors (Lipinski definition) is 1. The highest BCUT2D eigenvalue weighted by molar-refractivity contribution is 5.76. The molecule has 0 fully saturated rings. The highest BCUT2D eigenvalue weighted by atomic mass is 16.2. The minimum absolute atomic E-state index is 0.0834. The summed E-state index contributed by atoms with van der Waals surface area (Å²) in [6, 6.07) is 0. The average Bonchev–Trinajstić information content (AvgIpc) is 2.92. The van der Waals surface area contributed by atoms with Crippen LogP contribution in [0.4, 0.5) is 0 Å². The number of H-pyrrole nitrogens is 1. The number of aryl methyl sites for hydroxylation is 3. The van der Waals surface area contributed by atoms with E-state index in [-0.39, 0.29) is 5.91 Å². The molecular formula is C14H22N6O. The molecule has 2 aromatic heterocycles. The van der Waals surface area contributed by atoms with Crippen LogP contribution in [0.1, 0.15) is 35.0 Å². The zero-order valence-electron chi connectivity index (χ0n) is 13.3. The van der Waals surface area contributed by atoms with Crippen molar-refractivity contribution in [2.24, 2.45) is 7.05 Å². The van der Waals surface area contributed by atoms with Crippen molar-refractivity contribution in [2.45, 2.75) is 40.2 Å². The number of aromatic amines is 1. The summed E-state index contributed by atoms with van der Waals surface area (Å²) in [5.74, 6) is 1.48. The first-order valence-electron chi connectivity index (χ1n) is 6.99. The van der Waals surface area contributed by atoms with E-state index in [1.165, 1.54) is 0 Å². The summed E-state index contributed by atoms with van der Waals surface area (Å²) in [6.07, 6.45) is 1.18. The van der Waals surface area contributed by atoms with Gasteiger partial charge in [-0.1, -0.05) is 0 Å². The fraction of sp³-hybridized carbons (Fsp3) is 0.571. The second-order valence-electron chi connectivity index (χ2n) is 5.36. The normalized spacial score (nSPS) is 10.9. The summed E-state index contributed by atoms with van der Waals surface area (Å²) in [5, 5.41) is 11.2. The van der Waals surface area contributed by atoms with Crippen molar-refractivity contribution in [1.29, 1.82) is 0 Å². The first-order valence-corrected chi connectivity index (χ1v) is 6.99. The van der Waals surface area contributed by atoms with Crippen molar-refractivity contribution in [1.82, 2.24) is 29.9 Å². The van der Waals surface area contributed by atoms with Gasteiger partial charge in [0.05, 0.1) is 12.2 Å². The molecule has 0 saturated heterocycles. The largest absolute Gasteiger partial charge is 0.338 e. The lowest BCUT2D eigenvalue weighted by Crippen LogP contribution is -2.27. The van der Waals surface area contributed by atoms with Crippen LogP contribution in [0.25, 0.3) is 0 Å². The number of rotatable bonds is 5. The minimum atomic E-state index is 0.0834. The van der Waals surface area contributed by atoms with Crippen LogP contribution in [0, 0.1) is 20.8 Å². The molecule has 21 heavy (non-hydrogen) atoms. The molecule has 0 radical (unpaired) electrons. The zero-order valence-corrected chi connectivity index (χ0v) is 13.3. The highest BCUT2D eigenvalue weighted by Gasteiger charge is 2.15. The number of nitrogens with zero attached hydrogens (tertiary/aromatic N) is 5. The van der Waals surface area contributed by atoms with Gasteiger partial charge in [-0.3, -0.25) is 14.6 Å². The number of aromatic nitrogens is 5. The van der Waals surface area contributed by atoms with E-state index >= 15 is 0 Å². The number of carbonyl (C=O) groups is 1. The number of nitrogens with one attached hydrogen (secondary N) is 1. The first-order chi connectivity index (χ1) is 9.88. The van der Waals surface area contributed by atoms with Crippen molar-refractivity contribution in [3.63, 3.8) is 0 Å². The fourth-order valence-corrected chi connectivity index (χ4v) is 2.36. The maximum absolute atomic E-state index is 12.2. The summed E-state index contributed by atoms with van der Waals surface area (Å²) in [5.41, 5.74) is 3.27. The second-order valence-corrected chi connectivity index (χ2v) is 5.36. The third-order valence-corrected chi connectivity index (χ3v) is 3.70. The SMILES string of the molecule is Cc1nc(CN(C)C(=O)CCc2c(C)nn(C)c2C)n[nH]1. The van der Waals surface area contributed by atoms with E-state index in [1.807, 2.05) is 32.5 Å². The highest BCUT2D eigenvalue weighted by Crippen LogP contribution is 2.14. The lowest BCUT2D eigenvalue weighted by atomic mass is 10.1. The van der Waals surface area contributed by atoms with E-state index in [0.29, 0.717) is 25.2 Å². The van der Waals surface area contributed by atoms with E-state index in [2.05, 4.69) is 20.3 Å². The topological polar surface area (TPSA) is 79.7 Å². The summed E-state index contributed by atoms with van der Waals surface area (Å²) < 4.78 is 1.86. The van der Waals surface area contributed by atoms with Crippen LogP contribution in [0.15, 0.2) is 0 Å². The zero-order chi connectivity index (χ0) is 15.6. The molecule has 7 nitrogen and oxygen atoms in total. The first kappa shape index (κ1) is 15.2. The molecule has 0 saturated carbocycles. The summed E-state index contributed by atoms with van der Waals surface area (Å²) >= 11 is 0. The smallest absolute Gasteiger partial charge is 0.223 e. The van der Waals surface area contributed by atoms with Crippen LogP contribution in [0.3, 0.4) is 0 Å². The van der Waals surface area contributed by atoms with Crippen molar-refractivity contribution in [3.05, 3.63) is 28.6 Å². The van der Waals surface area contributed by atoms with Gasteiger partial charge in [0, 0.05) is 26.2 Å². The van der Waals surface area contributed by atoms with Crippen LogP contribution < -0.4 is 0 Å². The third-order valence-electron chi connectivity index (χ3n) is 3.70. The van der Waals surface area contributed by atoms with E-state index in [1.54, 1.807) is 11.9 Å². The predicted octanol–water partition coefficient (Wildman–Crippen LogP) is 1.05. The maximum Gasteiger partial charge on any atom is 0.223 e. The Labute approximate surface area is 124 Å². The monoisotopic (exact) mass is 290 g/mol. The van der Waals surface area contributed by atoms with Crippen molar-refractivity contribution >= 4 is 5.91 Å².